The molecule has 1 rings (SSSR count). The van der Waals surface area contributed by atoms with Crippen molar-refractivity contribution < 1.29 is 9.13 Å². The van der Waals surface area contributed by atoms with Crippen LogP contribution in [0, 0.1) is 5.82 Å². The van der Waals surface area contributed by atoms with Gasteiger partial charge in [-0.05, 0) is 59.2 Å². The predicted molar refractivity (Wildman–Crippen MR) is 73.5 cm³/mol. The lowest BCUT2D eigenvalue weighted by molar-refractivity contribution is 0.205. The highest BCUT2D eigenvalue weighted by Gasteiger charge is 2.09. The first-order valence-electron chi connectivity index (χ1n) is 6.54. The minimum absolute atomic E-state index is 0.105. The highest BCUT2D eigenvalue weighted by atomic mass is 19.1. The molecule has 1 atom stereocenters. The molecule has 0 fully saturated rings. The minimum Gasteiger partial charge on any atom is -0.491 e. The number of hydrogen-bond donors (Lipinski definition) is 1. The van der Waals surface area contributed by atoms with Crippen LogP contribution >= 0.6 is 0 Å². The Labute approximate surface area is 110 Å². The molecule has 0 aliphatic carbocycles. The van der Waals surface area contributed by atoms with Crippen LogP contribution in [0.25, 0.3) is 0 Å². The first-order chi connectivity index (χ1) is 8.37. The van der Waals surface area contributed by atoms with Crippen LogP contribution < -0.4 is 10.1 Å². The molecule has 3 heteroatoms. The zero-order valence-corrected chi connectivity index (χ0v) is 11.8. The molecular weight excluding hydrogens is 229 g/mol. The van der Waals surface area contributed by atoms with E-state index < -0.39 is 0 Å². The Balaban J connectivity index is 2.24. The van der Waals surface area contributed by atoms with Gasteiger partial charge in [0.15, 0.2) is 0 Å². The summed E-state index contributed by atoms with van der Waals surface area (Å²) in [5.74, 6) is 0.348. The molecule has 1 N–H and O–H groups in total. The van der Waals surface area contributed by atoms with E-state index in [0.29, 0.717) is 5.75 Å². The Morgan fingerprint density at radius 1 is 1.33 bits per heavy atom. The second-order valence-electron chi connectivity index (χ2n) is 5.70. The largest absolute Gasteiger partial charge is 0.491 e. The van der Waals surface area contributed by atoms with Crippen LogP contribution in [-0.4, -0.2) is 18.2 Å². The summed E-state index contributed by atoms with van der Waals surface area (Å²) in [6.45, 7) is 9.45. The second-order valence-corrected chi connectivity index (χ2v) is 5.70. The van der Waals surface area contributed by atoms with Crippen LogP contribution in [-0.2, 0) is 0 Å². The first-order valence-corrected chi connectivity index (χ1v) is 6.54. The summed E-state index contributed by atoms with van der Waals surface area (Å²) in [6, 6.07) is 6.29. The number of rotatable bonds is 6. The van der Waals surface area contributed by atoms with Gasteiger partial charge in [0, 0.05) is 11.6 Å². The van der Waals surface area contributed by atoms with Gasteiger partial charge >= 0.3 is 0 Å². The highest BCUT2D eigenvalue weighted by molar-refractivity contribution is 5.22. The van der Waals surface area contributed by atoms with Crippen LogP contribution in [0.15, 0.2) is 24.3 Å². The van der Waals surface area contributed by atoms with Gasteiger partial charge in [-0.2, -0.15) is 0 Å². The highest BCUT2D eigenvalue weighted by Crippen LogP contribution is 2.15. The Hall–Kier alpha value is -1.09. The fourth-order valence-corrected chi connectivity index (χ4v) is 1.68. The van der Waals surface area contributed by atoms with Crippen molar-refractivity contribution in [3.8, 4) is 5.75 Å². The molecule has 0 aromatic heterocycles. The average molecular weight is 253 g/mol. The summed E-state index contributed by atoms with van der Waals surface area (Å²) < 4.78 is 18.6. The minimum atomic E-state index is -0.255. The van der Waals surface area contributed by atoms with E-state index in [9.17, 15) is 4.39 Å². The van der Waals surface area contributed by atoms with Gasteiger partial charge in [0.05, 0.1) is 6.10 Å². The van der Waals surface area contributed by atoms with E-state index in [1.807, 2.05) is 6.92 Å². The fraction of sp³-hybridized carbons (Fsp3) is 0.600. The monoisotopic (exact) mass is 253 g/mol. The van der Waals surface area contributed by atoms with E-state index in [-0.39, 0.29) is 17.5 Å². The van der Waals surface area contributed by atoms with E-state index in [2.05, 4.69) is 26.1 Å². The Kier molecular flexibility index (Phi) is 5.60. The standard InChI is InChI=1S/C15H24FNO/c1-12(7-6-10-17-15(2,3)4)18-14-9-5-8-13(16)11-14/h5,8-9,11-12,17H,6-7,10H2,1-4H3. The molecule has 18 heavy (non-hydrogen) atoms. The third-order valence-electron chi connectivity index (χ3n) is 2.58. The number of nitrogens with one attached hydrogen (secondary N) is 1. The van der Waals surface area contributed by atoms with Crippen molar-refractivity contribution in [2.24, 2.45) is 0 Å². The quantitative estimate of drug-likeness (QED) is 0.779. The van der Waals surface area contributed by atoms with Crippen LogP contribution in [0.2, 0.25) is 0 Å². The molecule has 1 aromatic carbocycles. The van der Waals surface area contributed by atoms with Gasteiger partial charge in [-0.3, -0.25) is 0 Å². The smallest absolute Gasteiger partial charge is 0.126 e. The van der Waals surface area contributed by atoms with Crippen molar-refractivity contribution >= 4 is 0 Å². The molecule has 0 aliphatic rings. The van der Waals surface area contributed by atoms with Crippen LogP contribution in [0.1, 0.15) is 40.5 Å². The van der Waals surface area contributed by atoms with E-state index in [4.69, 9.17) is 4.74 Å². The summed E-state index contributed by atoms with van der Waals surface area (Å²) >= 11 is 0. The predicted octanol–water partition coefficient (Wildman–Crippen LogP) is 3.76. The van der Waals surface area contributed by atoms with E-state index in [0.717, 1.165) is 19.4 Å². The lowest BCUT2D eigenvalue weighted by Crippen LogP contribution is -2.36. The molecule has 0 heterocycles. The van der Waals surface area contributed by atoms with Gasteiger partial charge < -0.3 is 10.1 Å². The van der Waals surface area contributed by atoms with E-state index >= 15 is 0 Å². The van der Waals surface area contributed by atoms with Crippen molar-refractivity contribution in [1.29, 1.82) is 0 Å². The molecule has 0 saturated heterocycles. The Bertz CT molecular complexity index is 360. The summed E-state index contributed by atoms with van der Waals surface area (Å²) in [6.07, 6.45) is 2.11. The molecule has 0 amide bonds. The van der Waals surface area contributed by atoms with Gasteiger partial charge in [0.1, 0.15) is 11.6 Å². The van der Waals surface area contributed by atoms with Crippen LogP contribution in [0.4, 0.5) is 4.39 Å². The first kappa shape index (κ1) is 15.0. The molecule has 0 spiro atoms. The SMILES string of the molecule is CC(CCCNC(C)(C)C)Oc1cccc(F)c1. The van der Waals surface area contributed by atoms with Gasteiger partial charge in [-0.1, -0.05) is 6.07 Å². The van der Waals surface area contributed by atoms with Gasteiger partial charge in [-0.15, -0.1) is 0 Å². The van der Waals surface area contributed by atoms with Crippen molar-refractivity contribution in [2.75, 3.05) is 6.54 Å². The summed E-state index contributed by atoms with van der Waals surface area (Å²) in [5.41, 5.74) is 0.159. The fourth-order valence-electron chi connectivity index (χ4n) is 1.68. The van der Waals surface area contributed by atoms with Gasteiger partial charge in [0.2, 0.25) is 0 Å². The third kappa shape index (κ3) is 6.60. The lowest BCUT2D eigenvalue weighted by atomic mass is 10.1. The summed E-state index contributed by atoms with van der Waals surface area (Å²) in [5, 5.41) is 3.43. The molecule has 102 valence electrons. The van der Waals surface area contributed by atoms with Crippen molar-refractivity contribution in [3.63, 3.8) is 0 Å². The average Bonchev–Trinajstić information content (AvgIpc) is 2.23. The Morgan fingerprint density at radius 2 is 2.06 bits per heavy atom. The maximum absolute atomic E-state index is 13.0. The molecule has 0 saturated carbocycles. The van der Waals surface area contributed by atoms with Gasteiger partial charge in [0.25, 0.3) is 0 Å². The lowest BCUT2D eigenvalue weighted by Gasteiger charge is -2.21. The second kappa shape index (κ2) is 6.74. The summed E-state index contributed by atoms with van der Waals surface area (Å²) in [4.78, 5) is 0. The maximum Gasteiger partial charge on any atom is 0.126 e. The topological polar surface area (TPSA) is 21.3 Å². The third-order valence-corrected chi connectivity index (χ3v) is 2.58. The van der Waals surface area contributed by atoms with E-state index in [1.54, 1.807) is 12.1 Å². The summed E-state index contributed by atoms with van der Waals surface area (Å²) in [7, 11) is 0. The van der Waals surface area contributed by atoms with Crippen molar-refractivity contribution in [2.45, 2.75) is 52.2 Å². The molecule has 0 bridgehead atoms. The molecule has 1 unspecified atom stereocenters. The van der Waals surface area contributed by atoms with Crippen LogP contribution in [0.5, 0.6) is 5.75 Å². The molecule has 1 aromatic rings. The Morgan fingerprint density at radius 3 is 2.67 bits per heavy atom. The van der Waals surface area contributed by atoms with Gasteiger partial charge in [-0.25, -0.2) is 4.39 Å². The molecule has 2 nitrogen and oxygen atoms in total. The zero-order chi connectivity index (χ0) is 13.6. The normalized spacial score (nSPS) is 13.4. The van der Waals surface area contributed by atoms with E-state index in [1.165, 1.54) is 12.1 Å². The molecule has 0 radical (unpaired) electrons. The number of hydrogen-bond acceptors (Lipinski definition) is 2. The molecular formula is C15H24FNO. The number of ether oxygens (including phenoxy) is 1. The maximum atomic E-state index is 13.0. The van der Waals surface area contributed by atoms with Crippen molar-refractivity contribution in [1.82, 2.24) is 5.32 Å². The number of benzene rings is 1. The van der Waals surface area contributed by atoms with Crippen LogP contribution in [0.3, 0.4) is 0 Å². The zero-order valence-electron chi connectivity index (χ0n) is 11.8. The molecule has 0 aliphatic heterocycles. The number of halogens is 1. The van der Waals surface area contributed by atoms with Crippen molar-refractivity contribution in [3.05, 3.63) is 30.1 Å².